The highest BCUT2D eigenvalue weighted by Crippen LogP contribution is 2.33. The van der Waals surface area contributed by atoms with Crippen molar-refractivity contribution in [1.29, 1.82) is 0 Å². The highest BCUT2D eigenvalue weighted by Gasteiger charge is 2.13. The lowest BCUT2D eigenvalue weighted by molar-refractivity contribution is -0.114. The minimum atomic E-state index is -0.251. The number of benzene rings is 2. The van der Waals surface area contributed by atoms with E-state index in [-0.39, 0.29) is 11.8 Å². The fourth-order valence-electron chi connectivity index (χ4n) is 2.66. The Hall–Kier alpha value is -3.39. The third-order valence-corrected chi connectivity index (χ3v) is 4.99. The molecule has 0 bridgehead atoms. The number of anilines is 1. The van der Waals surface area contributed by atoms with E-state index >= 15 is 0 Å². The van der Waals surface area contributed by atoms with E-state index in [0.717, 1.165) is 16.1 Å². The van der Waals surface area contributed by atoms with E-state index in [4.69, 9.17) is 9.47 Å². The van der Waals surface area contributed by atoms with E-state index in [1.807, 2.05) is 24.3 Å². The minimum absolute atomic E-state index is 0.125. The second-order valence-electron chi connectivity index (χ2n) is 6.17. The lowest BCUT2D eigenvalue weighted by Crippen LogP contribution is -2.23. The number of carbonyl (C=O) groups is 2. The molecular weight excluding hydrogens is 390 g/mol. The molecule has 0 saturated carbocycles. The van der Waals surface area contributed by atoms with Crippen LogP contribution in [0.1, 0.15) is 23.0 Å². The first-order valence-corrected chi connectivity index (χ1v) is 9.70. The van der Waals surface area contributed by atoms with Gasteiger partial charge in [-0.2, -0.15) is 0 Å². The van der Waals surface area contributed by atoms with Crippen molar-refractivity contribution < 1.29 is 19.1 Å². The van der Waals surface area contributed by atoms with Crippen molar-refractivity contribution in [3.63, 3.8) is 0 Å². The quantitative estimate of drug-likeness (QED) is 0.619. The lowest BCUT2D eigenvalue weighted by atomic mass is 10.2. The number of nitrogens with one attached hydrogen (secondary N) is 2. The summed E-state index contributed by atoms with van der Waals surface area (Å²) in [5, 5.41) is 8.00. The lowest BCUT2D eigenvalue weighted by Gasteiger charge is -2.08. The Bertz CT molecular complexity index is 1020. The van der Waals surface area contributed by atoms with Gasteiger partial charge in [0.05, 0.1) is 14.2 Å². The van der Waals surface area contributed by atoms with Crippen LogP contribution in [0.2, 0.25) is 0 Å². The third kappa shape index (κ3) is 5.11. The second-order valence-corrected chi connectivity index (χ2v) is 7.03. The average molecular weight is 411 g/mol. The predicted molar refractivity (Wildman–Crippen MR) is 113 cm³/mol. The first kappa shape index (κ1) is 20.3. The first-order chi connectivity index (χ1) is 14.0. The minimum Gasteiger partial charge on any atom is -0.493 e. The maximum Gasteiger partial charge on any atom is 0.271 e. The molecule has 0 aliphatic heterocycles. The zero-order chi connectivity index (χ0) is 20.8. The Morgan fingerprint density at radius 2 is 1.76 bits per heavy atom. The summed E-state index contributed by atoms with van der Waals surface area (Å²) in [7, 11) is 3.15. The Morgan fingerprint density at radius 1 is 1.03 bits per heavy atom. The summed E-state index contributed by atoms with van der Waals surface area (Å²) >= 11 is 1.38. The Balaban J connectivity index is 1.64. The van der Waals surface area contributed by atoms with Crippen molar-refractivity contribution >= 4 is 28.8 Å². The number of methoxy groups -OCH3 is 2. The molecule has 2 aromatic carbocycles. The molecule has 1 heterocycles. The number of carbonyl (C=O) groups excluding carboxylic acids is 2. The number of hydrogen-bond acceptors (Lipinski definition) is 6. The number of amides is 2. The van der Waals surface area contributed by atoms with Crippen molar-refractivity contribution in [2.45, 2.75) is 13.5 Å². The van der Waals surface area contributed by atoms with E-state index < -0.39 is 0 Å². The molecule has 2 amide bonds. The van der Waals surface area contributed by atoms with Gasteiger partial charge < -0.3 is 20.1 Å². The van der Waals surface area contributed by atoms with Gasteiger partial charge in [0.1, 0.15) is 10.7 Å². The zero-order valence-electron chi connectivity index (χ0n) is 16.3. The van der Waals surface area contributed by atoms with E-state index in [2.05, 4.69) is 15.6 Å². The van der Waals surface area contributed by atoms with E-state index in [1.54, 1.807) is 37.8 Å². The van der Waals surface area contributed by atoms with Gasteiger partial charge in [-0.1, -0.05) is 12.1 Å². The molecule has 7 nitrogen and oxygen atoms in total. The van der Waals surface area contributed by atoms with Crippen LogP contribution >= 0.6 is 11.3 Å². The maximum atomic E-state index is 12.4. The fourth-order valence-corrected chi connectivity index (χ4v) is 3.46. The smallest absolute Gasteiger partial charge is 0.271 e. The molecule has 2 N–H and O–H groups in total. The van der Waals surface area contributed by atoms with Crippen LogP contribution in [-0.4, -0.2) is 31.0 Å². The summed E-state index contributed by atoms with van der Waals surface area (Å²) in [6.07, 6.45) is 0. The van der Waals surface area contributed by atoms with Gasteiger partial charge in [-0.05, 0) is 35.9 Å². The summed E-state index contributed by atoms with van der Waals surface area (Å²) in [5.74, 6) is 0.864. The molecule has 0 aliphatic carbocycles. The van der Waals surface area contributed by atoms with Crippen LogP contribution in [-0.2, 0) is 11.3 Å². The molecule has 8 heteroatoms. The molecule has 0 atom stereocenters. The van der Waals surface area contributed by atoms with Crippen LogP contribution in [0.3, 0.4) is 0 Å². The highest BCUT2D eigenvalue weighted by atomic mass is 32.1. The summed E-state index contributed by atoms with van der Waals surface area (Å²) in [5.41, 5.74) is 2.84. The molecule has 0 saturated heterocycles. The molecule has 0 aliphatic rings. The average Bonchev–Trinajstić information content (AvgIpc) is 3.22. The number of ether oxygens (including phenoxy) is 2. The zero-order valence-corrected chi connectivity index (χ0v) is 17.1. The number of aromatic nitrogens is 1. The fraction of sp³-hybridized carbons (Fsp3) is 0.190. The molecule has 3 rings (SSSR count). The molecule has 0 fully saturated rings. The van der Waals surface area contributed by atoms with Gasteiger partial charge in [0.15, 0.2) is 11.5 Å². The molecule has 0 unspecified atom stereocenters. The molecular formula is C21H21N3O4S. The van der Waals surface area contributed by atoms with Crippen molar-refractivity contribution in [3.8, 4) is 22.1 Å². The number of nitrogens with zero attached hydrogens (tertiary/aromatic N) is 1. The van der Waals surface area contributed by atoms with E-state index in [0.29, 0.717) is 29.4 Å². The SMILES string of the molecule is COc1ccc(-c2nc(C(=O)NCc3ccc(NC(C)=O)cc3)cs2)cc1OC. The Morgan fingerprint density at radius 3 is 2.41 bits per heavy atom. The monoisotopic (exact) mass is 411 g/mol. The van der Waals surface area contributed by atoms with Gasteiger partial charge in [-0.3, -0.25) is 9.59 Å². The van der Waals surface area contributed by atoms with Gasteiger partial charge in [0.2, 0.25) is 5.91 Å². The summed E-state index contributed by atoms with van der Waals surface area (Å²) < 4.78 is 10.6. The van der Waals surface area contributed by atoms with Crippen molar-refractivity contribution in [2.24, 2.45) is 0 Å². The summed E-state index contributed by atoms with van der Waals surface area (Å²) in [4.78, 5) is 27.9. The van der Waals surface area contributed by atoms with Gasteiger partial charge in [0.25, 0.3) is 5.91 Å². The molecule has 0 spiro atoms. The number of thiazole rings is 1. The number of hydrogen-bond donors (Lipinski definition) is 2. The standard InChI is InChI=1S/C21H21N3O4S/c1-13(25)23-16-7-4-14(5-8-16)11-22-20(26)17-12-29-21(24-17)15-6-9-18(27-2)19(10-15)28-3/h4-10,12H,11H2,1-3H3,(H,22,26)(H,23,25). The molecule has 3 aromatic rings. The molecule has 0 radical (unpaired) electrons. The third-order valence-electron chi connectivity index (χ3n) is 4.09. The largest absolute Gasteiger partial charge is 0.493 e. The van der Waals surface area contributed by atoms with Gasteiger partial charge in [-0.15, -0.1) is 11.3 Å². The molecule has 150 valence electrons. The summed E-state index contributed by atoms with van der Waals surface area (Å²) in [6.45, 7) is 1.82. The van der Waals surface area contributed by atoms with E-state index in [9.17, 15) is 9.59 Å². The summed E-state index contributed by atoms with van der Waals surface area (Å²) in [6, 6.07) is 12.8. The Labute approximate surface area is 172 Å². The van der Waals surface area contributed by atoms with Crippen LogP contribution < -0.4 is 20.1 Å². The first-order valence-electron chi connectivity index (χ1n) is 8.83. The van der Waals surface area contributed by atoms with Gasteiger partial charge >= 0.3 is 0 Å². The number of rotatable bonds is 7. The van der Waals surface area contributed by atoms with Crippen LogP contribution in [0.5, 0.6) is 11.5 Å². The van der Waals surface area contributed by atoms with Gasteiger partial charge in [-0.25, -0.2) is 4.98 Å². The normalized spacial score (nSPS) is 10.3. The topological polar surface area (TPSA) is 89.5 Å². The predicted octanol–water partition coefficient (Wildman–Crippen LogP) is 3.72. The van der Waals surface area contributed by atoms with Crippen LogP contribution in [0.4, 0.5) is 5.69 Å². The van der Waals surface area contributed by atoms with Crippen molar-refractivity contribution in [1.82, 2.24) is 10.3 Å². The van der Waals surface area contributed by atoms with Crippen molar-refractivity contribution in [3.05, 3.63) is 59.1 Å². The maximum absolute atomic E-state index is 12.4. The molecule has 29 heavy (non-hydrogen) atoms. The van der Waals surface area contributed by atoms with Crippen LogP contribution in [0, 0.1) is 0 Å². The Kier molecular flexibility index (Phi) is 6.46. The van der Waals surface area contributed by atoms with E-state index in [1.165, 1.54) is 18.3 Å². The van der Waals surface area contributed by atoms with Crippen LogP contribution in [0.25, 0.3) is 10.6 Å². The van der Waals surface area contributed by atoms with Crippen LogP contribution in [0.15, 0.2) is 47.8 Å². The molecule has 1 aromatic heterocycles. The highest BCUT2D eigenvalue weighted by molar-refractivity contribution is 7.13. The second kappa shape index (κ2) is 9.20. The van der Waals surface area contributed by atoms with Crippen molar-refractivity contribution in [2.75, 3.05) is 19.5 Å². The van der Waals surface area contributed by atoms with Gasteiger partial charge in [0, 0.05) is 30.1 Å².